The zero-order valence-corrected chi connectivity index (χ0v) is 7.01. The highest BCUT2D eigenvalue weighted by Gasteiger charge is 2.25. The Labute approximate surface area is 63.4 Å². The summed E-state index contributed by atoms with van der Waals surface area (Å²) in [5.74, 6) is 1.48. The molecule has 0 aromatic carbocycles. The highest BCUT2D eigenvalue weighted by atomic mass is 16.3. The van der Waals surface area contributed by atoms with E-state index < -0.39 is 0 Å². The Bertz CT molecular complexity index is 96.9. The largest absolute Gasteiger partial charge is 0.393 e. The number of rotatable bonds is 4. The maximum atomic E-state index is 9.40. The molecule has 0 spiro atoms. The van der Waals surface area contributed by atoms with Gasteiger partial charge in [-0.25, -0.2) is 0 Å². The zero-order chi connectivity index (χ0) is 7.56. The topological polar surface area (TPSA) is 20.2 Å². The normalized spacial score (nSPS) is 24.3. The van der Waals surface area contributed by atoms with E-state index in [1.54, 1.807) is 0 Å². The molecule has 0 radical (unpaired) electrons. The van der Waals surface area contributed by atoms with Gasteiger partial charge in [0.15, 0.2) is 0 Å². The monoisotopic (exact) mass is 142 g/mol. The highest BCUT2D eigenvalue weighted by molar-refractivity contribution is 4.77. The summed E-state index contributed by atoms with van der Waals surface area (Å²) in [6, 6.07) is 0. The van der Waals surface area contributed by atoms with Crippen LogP contribution in [0.3, 0.4) is 0 Å². The van der Waals surface area contributed by atoms with E-state index in [2.05, 4.69) is 6.92 Å². The number of aliphatic hydroxyl groups excluding tert-OH is 1. The van der Waals surface area contributed by atoms with E-state index >= 15 is 0 Å². The molecule has 0 aromatic rings. The van der Waals surface area contributed by atoms with E-state index in [4.69, 9.17) is 0 Å². The zero-order valence-electron chi connectivity index (χ0n) is 7.01. The molecule has 1 fully saturated rings. The van der Waals surface area contributed by atoms with Crippen LogP contribution in [0.4, 0.5) is 0 Å². The highest BCUT2D eigenvalue weighted by Crippen LogP contribution is 2.36. The van der Waals surface area contributed by atoms with Gasteiger partial charge in [-0.15, -0.1) is 0 Å². The van der Waals surface area contributed by atoms with Crippen LogP contribution in [0.5, 0.6) is 0 Å². The van der Waals surface area contributed by atoms with Gasteiger partial charge >= 0.3 is 0 Å². The quantitative estimate of drug-likeness (QED) is 0.638. The second-order valence-electron chi connectivity index (χ2n) is 3.63. The molecule has 1 nitrogen and oxygen atoms in total. The SMILES string of the molecule is CCC(O)C(C)CC1CC1. The van der Waals surface area contributed by atoms with Crippen molar-refractivity contribution in [1.29, 1.82) is 0 Å². The Hall–Kier alpha value is -0.0400. The number of hydrogen-bond acceptors (Lipinski definition) is 1. The second kappa shape index (κ2) is 3.38. The summed E-state index contributed by atoms with van der Waals surface area (Å²) >= 11 is 0. The van der Waals surface area contributed by atoms with Crippen LogP contribution in [0.1, 0.15) is 39.5 Å². The van der Waals surface area contributed by atoms with Crippen LogP contribution < -0.4 is 0 Å². The molecule has 1 N–H and O–H groups in total. The Morgan fingerprint density at radius 3 is 2.50 bits per heavy atom. The first kappa shape index (κ1) is 8.06. The predicted octanol–water partition coefficient (Wildman–Crippen LogP) is 2.19. The number of aliphatic hydroxyl groups is 1. The molecule has 0 heterocycles. The van der Waals surface area contributed by atoms with Crippen molar-refractivity contribution in [2.24, 2.45) is 11.8 Å². The van der Waals surface area contributed by atoms with Gasteiger partial charge in [-0.1, -0.05) is 26.7 Å². The van der Waals surface area contributed by atoms with Crippen LogP contribution in [0.2, 0.25) is 0 Å². The lowest BCUT2D eigenvalue weighted by molar-refractivity contribution is 0.105. The van der Waals surface area contributed by atoms with Gasteiger partial charge in [-0.3, -0.25) is 0 Å². The lowest BCUT2D eigenvalue weighted by atomic mass is 9.96. The third-order valence-electron chi connectivity index (χ3n) is 2.48. The second-order valence-corrected chi connectivity index (χ2v) is 3.63. The summed E-state index contributed by atoms with van der Waals surface area (Å²) in [7, 11) is 0. The van der Waals surface area contributed by atoms with E-state index in [1.807, 2.05) is 6.92 Å². The van der Waals surface area contributed by atoms with Gasteiger partial charge < -0.3 is 5.11 Å². The fourth-order valence-electron chi connectivity index (χ4n) is 1.44. The van der Waals surface area contributed by atoms with Crippen molar-refractivity contribution in [3.05, 3.63) is 0 Å². The minimum atomic E-state index is -0.0550. The van der Waals surface area contributed by atoms with Gasteiger partial charge in [0, 0.05) is 0 Å². The van der Waals surface area contributed by atoms with Gasteiger partial charge in [0.2, 0.25) is 0 Å². The minimum Gasteiger partial charge on any atom is -0.393 e. The van der Waals surface area contributed by atoms with Crippen molar-refractivity contribution in [3.63, 3.8) is 0 Å². The van der Waals surface area contributed by atoms with Crippen molar-refractivity contribution >= 4 is 0 Å². The van der Waals surface area contributed by atoms with E-state index in [0.717, 1.165) is 12.3 Å². The molecule has 2 unspecified atom stereocenters. The third-order valence-corrected chi connectivity index (χ3v) is 2.48. The molecule has 10 heavy (non-hydrogen) atoms. The maximum Gasteiger partial charge on any atom is 0.0563 e. The summed E-state index contributed by atoms with van der Waals surface area (Å²) in [5, 5.41) is 9.40. The molecule has 1 rings (SSSR count). The van der Waals surface area contributed by atoms with Gasteiger partial charge in [-0.05, 0) is 24.7 Å². The van der Waals surface area contributed by atoms with Crippen LogP contribution in [0.15, 0.2) is 0 Å². The fourth-order valence-corrected chi connectivity index (χ4v) is 1.44. The third kappa shape index (κ3) is 2.30. The fraction of sp³-hybridized carbons (Fsp3) is 1.00. The van der Waals surface area contributed by atoms with E-state index in [-0.39, 0.29) is 6.10 Å². The molecule has 1 saturated carbocycles. The Balaban J connectivity index is 2.11. The Kier molecular flexibility index (Phi) is 2.72. The standard InChI is InChI=1S/C9H18O/c1-3-9(10)7(2)6-8-4-5-8/h7-10H,3-6H2,1-2H3. The van der Waals surface area contributed by atoms with E-state index in [9.17, 15) is 5.11 Å². The summed E-state index contributed by atoms with van der Waals surface area (Å²) < 4.78 is 0. The van der Waals surface area contributed by atoms with Crippen molar-refractivity contribution in [1.82, 2.24) is 0 Å². The summed E-state index contributed by atoms with van der Waals surface area (Å²) in [5.41, 5.74) is 0. The predicted molar refractivity (Wildman–Crippen MR) is 42.8 cm³/mol. The molecule has 0 aliphatic heterocycles. The Morgan fingerprint density at radius 1 is 1.50 bits per heavy atom. The smallest absolute Gasteiger partial charge is 0.0563 e. The molecule has 2 atom stereocenters. The maximum absolute atomic E-state index is 9.40. The molecule has 0 bridgehead atoms. The summed E-state index contributed by atoms with van der Waals surface area (Å²) in [6.45, 7) is 4.21. The van der Waals surface area contributed by atoms with Gasteiger partial charge in [0.1, 0.15) is 0 Å². The van der Waals surface area contributed by atoms with Gasteiger partial charge in [0.25, 0.3) is 0 Å². The molecule has 1 aliphatic carbocycles. The van der Waals surface area contributed by atoms with Crippen LogP contribution in [-0.4, -0.2) is 11.2 Å². The number of hydrogen-bond donors (Lipinski definition) is 1. The summed E-state index contributed by atoms with van der Waals surface area (Å²) in [4.78, 5) is 0. The van der Waals surface area contributed by atoms with Crippen molar-refractivity contribution < 1.29 is 5.11 Å². The molecule has 0 aromatic heterocycles. The van der Waals surface area contributed by atoms with Crippen molar-refractivity contribution in [2.45, 2.75) is 45.6 Å². The van der Waals surface area contributed by atoms with Gasteiger partial charge in [0.05, 0.1) is 6.10 Å². The van der Waals surface area contributed by atoms with Crippen LogP contribution >= 0.6 is 0 Å². The van der Waals surface area contributed by atoms with Gasteiger partial charge in [-0.2, -0.15) is 0 Å². The Morgan fingerprint density at radius 2 is 2.10 bits per heavy atom. The first-order chi connectivity index (χ1) is 4.74. The summed E-state index contributed by atoms with van der Waals surface area (Å²) in [6.07, 6.45) is 4.91. The lowest BCUT2D eigenvalue weighted by Crippen LogP contribution is -2.16. The lowest BCUT2D eigenvalue weighted by Gasteiger charge is -2.16. The molecule has 0 amide bonds. The molecule has 60 valence electrons. The van der Waals surface area contributed by atoms with E-state index in [1.165, 1.54) is 19.3 Å². The first-order valence-electron chi connectivity index (χ1n) is 4.42. The molecular formula is C9H18O. The van der Waals surface area contributed by atoms with Crippen molar-refractivity contribution in [2.75, 3.05) is 0 Å². The van der Waals surface area contributed by atoms with Crippen LogP contribution in [0, 0.1) is 11.8 Å². The molecule has 0 saturated heterocycles. The average Bonchev–Trinajstić information content (AvgIpc) is 2.70. The van der Waals surface area contributed by atoms with E-state index in [0.29, 0.717) is 5.92 Å². The average molecular weight is 142 g/mol. The molecule has 1 aliphatic rings. The molecular weight excluding hydrogens is 124 g/mol. The first-order valence-corrected chi connectivity index (χ1v) is 4.42. The minimum absolute atomic E-state index is 0.0550. The van der Waals surface area contributed by atoms with Crippen molar-refractivity contribution in [3.8, 4) is 0 Å². The van der Waals surface area contributed by atoms with Crippen LogP contribution in [0.25, 0.3) is 0 Å². The van der Waals surface area contributed by atoms with Crippen LogP contribution in [-0.2, 0) is 0 Å². The molecule has 1 heteroatoms.